The van der Waals surface area contributed by atoms with Gasteiger partial charge in [0.1, 0.15) is 11.6 Å². The standard InChI is InChI=1S/C19H23FN2O2/c1-3-24-17-10-8-15(9-11-17)13-22(2)14-19(23)21-12-16-6-4-5-7-18(16)20/h4-11H,3,12-14H2,1-2H3,(H,21,23). The lowest BCUT2D eigenvalue weighted by Crippen LogP contribution is -2.34. The first-order valence-corrected chi connectivity index (χ1v) is 7.99. The third-order valence-electron chi connectivity index (χ3n) is 3.53. The number of hydrogen-bond donors (Lipinski definition) is 1. The maximum absolute atomic E-state index is 13.5. The van der Waals surface area contributed by atoms with Crippen LogP contribution in [-0.4, -0.2) is 31.0 Å². The zero-order chi connectivity index (χ0) is 17.4. The number of likely N-dealkylation sites (N-methyl/N-ethyl adjacent to an activating group) is 1. The lowest BCUT2D eigenvalue weighted by molar-refractivity contribution is -0.122. The highest BCUT2D eigenvalue weighted by atomic mass is 19.1. The molecule has 0 heterocycles. The largest absolute Gasteiger partial charge is 0.494 e. The summed E-state index contributed by atoms with van der Waals surface area (Å²) < 4.78 is 18.9. The van der Waals surface area contributed by atoms with Crippen LogP contribution in [0.5, 0.6) is 5.75 Å². The van der Waals surface area contributed by atoms with Crippen LogP contribution >= 0.6 is 0 Å². The Balaban J connectivity index is 1.78. The second-order valence-electron chi connectivity index (χ2n) is 5.62. The Bertz CT molecular complexity index is 659. The number of rotatable bonds is 8. The van der Waals surface area contributed by atoms with E-state index in [2.05, 4.69) is 5.32 Å². The van der Waals surface area contributed by atoms with Gasteiger partial charge in [0.25, 0.3) is 0 Å². The zero-order valence-corrected chi connectivity index (χ0v) is 14.1. The monoisotopic (exact) mass is 330 g/mol. The van der Waals surface area contributed by atoms with Crippen molar-refractivity contribution in [3.05, 3.63) is 65.5 Å². The van der Waals surface area contributed by atoms with Gasteiger partial charge < -0.3 is 10.1 Å². The Morgan fingerprint density at radius 2 is 1.88 bits per heavy atom. The number of nitrogens with one attached hydrogen (secondary N) is 1. The van der Waals surface area contributed by atoms with Gasteiger partial charge in [-0.1, -0.05) is 30.3 Å². The van der Waals surface area contributed by atoms with Crippen molar-refractivity contribution in [2.75, 3.05) is 20.2 Å². The van der Waals surface area contributed by atoms with E-state index in [1.165, 1.54) is 6.07 Å². The van der Waals surface area contributed by atoms with Crippen LogP contribution in [0.15, 0.2) is 48.5 Å². The van der Waals surface area contributed by atoms with Gasteiger partial charge in [0.15, 0.2) is 0 Å². The van der Waals surface area contributed by atoms with Gasteiger partial charge in [0.2, 0.25) is 5.91 Å². The number of amides is 1. The van der Waals surface area contributed by atoms with Crippen LogP contribution in [0.3, 0.4) is 0 Å². The molecule has 0 radical (unpaired) electrons. The quantitative estimate of drug-likeness (QED) is 0.809. The van der Waals surface area contributed by atoms with Gasteiger partial charge in [-0.15, -0.1) is 0 Å². The van der Waals surface area contributed by atoms with Gasteiger partial charge in [-0.25, -0.2) is 4.39 Å². The van der Waals surface area contributed by atoms with E-state index >= 15 is 0 Å². The van der Waals surface area contributed by atoms with Crippen molar-refractivity contribution < 1.29 is 13.9 Å². The summed E-state index contributed by atoms with van der Waals surface area (Å²) in [5, 5.41) is 2.74. The molecule has 5 heteroatoms. The lowest BCUT2D eigenvalue weighted by Gasteiger charge is -2.16. The summed E-state index contributed by atoms with van der Waals surface area (Å²) in [6, 6.07) is 14.2. The predicted octanol–water partition coefficient (Wildman–Crippen LogP) is 2.97. The highest BCUT2D eigenvalue weighted by Crippen LogP contribution is 2.13. The summed E-state index contributed by atoms with van der Waals surface area (Å²) in [6.45, 7) is 3.69. The van der Waals surface area contributed by atoms with Crippen molar-refractivity contribution in [1.82, 2.24) is 10.2 Å². The van der Waals surface area contributed by atoms with E-state index in [1.807, 2.05) is 43.1 Å². The van der Waals surface area contributed by atoms with Crippen molar-refractivity contribution in [3.8, 4) is 5.75 Å². The number of nitrogens with zero attached hydrogens (tertiary/aromatic N) is 1. The summed E-state index contributed by atoms with van der Waals surface area (Å²) >= 11 is 0. The average Bonchev–Trinajstić information content (AvgIpc) is 2.56. The first-order chi connectivity index (χ1) is 11.6. The van der Waals surface area contributed by atoms with E-state index in [4.69, 9.17) is 4.74 Å². The van der Waals surface area contributed by atoms with Crippen LogP contribution in [0.4, 0.5) is 4.39 Å². The van der Waals surface area contributed by atoms with Crippen LogP contribution in [0.2, 0.25) is 0 Å². The molecule has 0 aliphatic rings. The summed E-state index contributed by atoms with van der Waals surface area (Å²) in [4.78, 5) is 13.9. The molecule has 0 bridgehead atoms. The molecule has 0 aromatic heterocycles. The van der Waals surface area contributed by atoms with Crippen molar-refractivity contribution in [2.45, 2.75) is 20.0 Å². The molecule has 24 heavy (non-hydrogen) atoms. The Kier molecular flexibility index (Phi) is 6.75. The number of benzene rings is 2. The molecule has 128 valence electrons. The molecule has 0 unspecified atom stereocenters. The van der Waals surface area contributed by atoms with Crippen molar-refractivity contribution in [1.29, 1.82) is 0 Å². The number of carbonyl (C=O) groups excluding carboxylic acids is 1. The fraction of sp³-hybridized carbons (Fsp3) is 0.316. The molecule has 1 N–H and O–H groups in total. The van der Waals surface area contributed by atoms with Gasteiger partial charge in [-0.05, 0) is 37.7 Å². The molecular weight excluding hydrogens is 307 g/mol. The number of carbonyl (C=O) groups is 1. The first-order valence-electron chi connectivity index (χ1n) is 7.99. The van der Waals surface area contributed by atoms with Gasteiger partial charge in [-0.2, -0.15) is 0 Å². The molecule has 0 spiro atoms. The summed E-state index contributed by atoms with van der Waals surface area (Å²) in [6.07, 6.45) is 0. The summed E-state index contributed by atoms with van der Waals surface area (Å²) in [5.74, 6) is 0.402. The van der Waals surface area contributed by atoms with E-state index in [0.717, 1.165) is 11.3 Å². The Labute approximate surface area is 142 Å². The van der Waals surface area contributed by atoms with Gasteiger partial charge in [0.05, 0.1) is 13.2 Å². The highest BCUT2D eigenvalue weighted by molar-refractivity contribution is 5.77. The molecule has 0 fully saturated rings. The molecule has 0 saturated heterocycles. The minimum absolute atomic E-state index is 0.133. The predicted molar refractivity (Wildman–Crippen MR) is 92.2 cm³/mol. The maximum atomic E-state index is 13.5. The minimum atomic E-state index is -0.305. The molecule has 0 saturated carbocycles. The number of halogens is 1. The molecular formula is C19H23FN2O2. The Hall–Kier alpha value is -2.40. The van der Waals surface area contributed by atoms with Crippen LogP contribution in [0, 0.1) is 5.82 Å². The molecule has 2 aromatic rings. The number of ether oxygens (including phenoxy) is 1. The molecule has 0 atom stereocenters. The fourth-order valence-corrected chi connectivity index (χ4v) is 2.36. The third kappa shape index (κ3) is 5.66. The van der Waals surface area contributed by atoms with Crippen LogP contribution < -0.4 is 10.1 Å². The molecule has 0 aliphatic heterocycles. The molecule has 1 amide bonds. The Morgan fingerprint density at radius 3 is 2.54 bits per heavy atom. The van der Waals surface area contributed by atoms with E-state index in [9.17, 15) is 9.18 Å². The fourth-order valence-electron chi connectivity index (χ4n) is 2.36. The first kappa shape index (κ1) is 17.9. The topological polar surface area (TPSA) is 41.6 Å². The van der Waals surface area contributed by atoms with Crippen LogP contribution in [-0.2, 0) is 17.9 Å². The van der Waals surface area contributed by atoms with Gasteiger partial charge >= 0.3 is 0 Å². The molecule has 4 nitrogen and oxygen atoms in total. The third-order valence-corrected chi connectivity index (χ3v) is 3.53. The van der Waals surface area contributed by atoms with Crippen LogP contribution in [0.1, 0.15) is 18.1 Å². The minimum Gasteiger partial charge on any atom is -0.494 e. The van der Waals surface area contributed by atoms with Crippen molar-refractivity contribution in [3.63, 3.8) is 0 Å². The van der Waals surface area contributed by atoms with E-state index < -0.39 is 0 Å². The maximum Gasteiger partial charge on any atom is 0.234 e. The molecule has 2 aromatic carbocycles. The average molecular weight is 330 g/mol. The van der Waals surface area contributed by atoms with Gasteiger partial charge in [-0.3, -0.25) is 9.69 Å². The van der Waals surface area contributed by atoms with E-state index in [0.29, 0.717) is 18.7 Å². The van der Waals surface area contributed by atoms with Crippen molar-refractivity contribution >= 4 is 5.91 Å². The highest BCUT2D eigenvalue weighted by Gasteiger charge is 2.08. The Morgan fingerprint density at radius 1 is 1.17 bits per heavy atom. The SMILES string of the molecule is CCOc1ccc(CN(C)CC(=O)NCc2ccccc2F)cc1. The van der Waals surface area contributed by atoms with Crippen LogP contribution in [0.25, 0.3) is 0 Å². The second-order valence-corrected chi connectivity index (χ2v) is 5.62. The zero-order valence-electron chi connectivity index (χ0n) is 14.1. The summed E-state index contributed by atoms with van der Waals surface area (Å²) in [5.41, 5.74) is 1.59. The smallest absolute Gasteiger partial charge is 0.234 e. The normalized spacial score (nSPS) is 10.7. The van der Waals surface area contributed by atoms with E-state index in [1.54, 1.807) is 18.2 Å². The molecule has 0 aliphatic carbocycles. The van der Waals surface area contributed by atoms with Crippen molar-refractivity contribution in [2.24, 2.45) is 0 Å². The number of hydrogen-bond acceptors (Lipinski definition) is 3. The van der Waals surface area contributed by atoms with E-state index in [-0.39, 0.29) is 24.8 Å². The summed E-state index contributed by atoms with van der Waals surface area (Å²) in [7, 11) is 1.87. The second kappa shape index (κ2) is 9.03. The lowest BCUT2D eigenvalue weighted by atomic mass is 10.2. The van der Waals surface area contributed by atoms with Gasteiger partial charge in [0, 0.05) is 18.7 Å². The molecule has 2 rings (SSSR count).